The summed E-state index contributed by atoms with van der Waals surface area (Å²) in [6.45, 7) is 0.522. The SMILES string of the molecule is COc1ccc(CCNC(=O)NCCC(=O)O)c(OC)c1. The van der Waals surface area contributed by atoms with Gasteiger partial charge in [0.2, 0.25) is 0 Å². The Labute approximate surface area is 123 Å². The highest BCUT2D eigenvalue weighted by molar-refractivity contribution is 5.74. The van der Waals surface area contributed by atoms with Gasteiger partial charge < -0.3 is 25.2 Å². The van der Waals surface area contributed by atoms with Gasteiger partial charge in [0.05, 0.1) is 20.6 Å². The molecule has 3 N–H and O–H groups in total. The summed E-state index contributed by atoms with van der Waals surface area (Å²) in [5.74, 6) is 0.454. The van der Waals surface area contributed by atoms with Crippen LogP contribution in [0.1, 0.15) is 12.0 Å². The quantitative estimate of drug-likeness (QED) is 0.665. The standard InChI is InChI=1S/C14H20N2O5/c1-20-11-4-3-10(12(9-11)21-2)5-7-15-14(19)16-8-6-13(17)18/h3-4,9H,5-8H2,1-2H3,(H,17,18)(H2,15,16,19). The fourth-order valence-electron chi connectivity index (χ4n) is 1.71. The van der Waals surface area contributed by atoms with Crippen molar-refractivity contribution in [3.63, 3.8) is 0 Å². The smallest absolute Gasteiger partial charge is 0.314 e. The summed E-state index contributed by atoms with van der Waals surface area (Å²) < 4.78 is 10.4. The van der Waals surface area contributed by atoms with E-state index in [1.54, 1.807) is 20.3 Å². The third-order valence-corrected chi connectivity index (χ3v) is 2.80. The van der Waals surface area contributed by atoms with Crippen molar-refractivity contribution >= 4 is 12.0 Å². The summed E-state index contributed by atoms with van der Waals surface area (Å²) in [7, 11) is 3.15. The molecule has 0 atom stereocenters. The molecule has 0 heterocycles. The zero-order valence-corrected chi connectivity index (χ0v) is 12.1. The molecule has 7 heteroatoms. The molecule has 7 nitrogen and oxygen atoms in total. The molecule has 0 bridgehead atoms. The number of benzene rings is 1. The van der Waals surface area contributed by atoms with Crippen LogP contribution in [0.4, 0.5) is 4.79 Å². The first kappa shape index (κ1) is 16.6. The van der Waals surface area contributed by atoms with E-state index in [2.05, 4.69) is 10.6 Å². The minimum absolute atomic E-state index is 0.0975. The lowest BCUT2D eigenvalue weighted by Crippen LogP contribution is -2.37. The molecule has 0 unspecified atom stereocenters. The molecule has 2 amide bonds. The average molecular weight is 296 g/mol. The first-order valence-corrected chi connectivity index (χ1v) is 6.51. The number of urea groups is 1. The molecule has 0 aliphatic heterocycles. The third-order valence-electron chi connectivity index (χ3n) is 2.80. The van der Waals surface area contributed by atoms with E-state index in [1.807, 2.05) is 12.1 Å². The fourth-order valence-corrected chi connectivity index (χ4v) is 1.71. The third kappa shape index (κ3) is 6.03. The van der Waals surface area contributed by atoms with Crippen molar-refractivity contribution in [2.75, 3.05) is 27.3 Å². The summed E-state index contributed by atoms with van der Waals surface area (Å²) in [5, 5.41) is 13.6. The van der Waals surface area contributed by atoms with Crippen LogP contribution in [-0.4, -0.2) is 44.4 Å². The number of methoxy groups -OCH3 is 2. The van der Waals surface area contributed by atoms with Gasteiger partial charge in [0.15, 0.2) is 0 Å². The molecule has 0 fully saturated rings. The van der Waals surface area contributed by atoms with Crippen LogP contribution < -0.4 is 20.1 Å². The number of hydrogen-bond donors (Lipinski definition) is 3. The van der Waals surface area contributed by atoms with Crippen molar-refractivity contribution in [2.45, 2.75) is 12.8 Å². The Morgan fingerprint density at radius 3 is 2.48 bits per heavy atom. The molecule has 1 aromatic rings. The number of carbonyl (C=O) groups is 2. The molecule has 21 heavy (non-hydrogen) atoms. The molecule has 0 saturated heterocycles. The van der Waals surface area contributed by atoms with Crippen LogP contribution in [0, 0.1) is 0 Å². The number of amides is 2. The molecular formula is C14H20N2O5. The Morgan fingerprint density at radius 2 is 1.86 bits per heavy atom. The minimum atomic E-state index is -0.946. The van der Waals surface area contributed by atoms with Gasteiger partial charge in [-0.25, -0.2) is 4.79 Å². The number of rotatable bonds is 8. The summed E-state index contributed by atoms with van der Waals surface area (Å²) >= 11 is 0. The Bertz CT molecular complexity index is 490. The van der Waals surface area contributed by atoms with Gasteiger partial charge in [-0.1, -0.05) is 6.07 Å². The Morgan fingerprint density at radius 1 is 1.14 bits per heavy atom. The van der Waals surface area contributed by atoms with Crippen molar-refractivity contribution in [1.82, 2.24) is 10.6 Å². The van der Waals surface area contributed by atoms with Crippen LogP contribution in [0.25, 0.3) is 0 Å². The van der Waals surface area contributed by atoms with E-state index in [-0.39, 0.29) is 19.0 Å². The van der Waals surface area contributed by atoms with Gasteiger partial charge in [0.25, 0.3) is 0 Å². The van der Waals surface area contributed by atoms with Crippen LogP contribution in [0.5, 0.6) is 11.5 Å². The molecule has 1 rings (SSSR count). The predicted octanol–water partition coefficient (Wildman–Crippen LogP) is 1.02. The van der Waals surface area contributed by atoms with Gasteiger partial charge >= 0.3 is 12.0 Å². The predicted molar refractivity (Wildman–Crippen MR) is 76.9 cm³/mol. The van der Waals surface area contributed by atoms with Gasteiger partial charge in [-0.05, 0) is 18.1 Å². The van der Waals surface area contributed by atoms with Crippen LogP contribution in [0.15, 0.2) is 18.2 Å². The minimum Gasteiger partial charge on any atom is -0.497 e. The number of hydrogen-bond acceptors (Lipinski definition) is 4. The molecule has 0 aliphatic rings. The zero-order valence-electron chi connectivity index (χ0n) is 12.1. The highest BCUT2D eigenvalue weighted by Crippen LogP contribution is 2.24. The van der Waals surface area contributed by atoms with Gasteiger partial charge in [-0.15, -0.1) is 0 Å². The fraction of sp³-hybridized carbons (Fsp3) is 0.429. The molecule has 0 aliphatic carbocycles. The van der Waals surface area contributed by atoms with Gasteiger partial charge in [-0.2, -0.15) is 0 Å². The van der Waals surface area contributed by atoms with E-state index in [4.69, 9.17) is 14.6 Å². The van der Waals surface area contributed by atoms with Crippen LogP contribution in [0.2, 0.25) is 0 Å². The topological polar surface area (TPSA) is 96.9 Å². The summed E-state index contributed by atoms with van der Waals surface area (Å²) in [6, 6.07) is 5.10. The maximum Gasteiger partial charge on any atom is 0.314 e. The monoisotopic (exact) mass is 296 g/mol. The number of nitrogens with one attached hydrogen (secondary N) is 2. The molecular weight excluding hydrogens is 276 g/mol. The molecule has 116 valence electrons. The second-order valence-electron chi connectivity index (χ2n) is 4.25. The lowest BCUT2D eigenvalue weighted by molar-refractivity contribution is -0.136. The van der Waals surface area contributed by atoms with E-state index < -0.39 is 5.97 Å². The largest absolute Gasteiger partial charge is 0.497 e. The normalized spacial score (nSPS) is 9.81. The Balaban J connectivity index is 2.38. The Hall–Kier alpha value is -2.44. The molecule has 0 radical (unpaired) electrons. The van der Waals surface area contributed by atoms with Crippen molar-refractivity contribution < 1.29 is 24.2 Å². The van der Waals surface area contributed by atoms with Crippen LogP contribution >= 0.6 is 0 Å². The second kappa shape index (κ2) is 8.68. The molecule has 0 aromatic heterocycles. The van der Waals surface area contributed by atoms with Crippen molar-refractivity contribution in [2.24, 2.45) is 0 Å². The van der Waals surface area contributed by atoms with E-state index >= 15 is 0 Å². The lowest BCUT2D eigenvalue weighted by atomic mass is 10.1. The average Bonchev–Trinajstić information content (AvgIpc) is 2.47. The molecule has 1 aromatic carbocycles. The Kier molecular flexibility index (Phi) is 6.86. The molecule has 0 spiro atoms. The summed E-state index contributed by atoms with van der Waals surface area (Å²) in [6.07, 6.45) is 0.499. The van der Waals surface area contributed by atoms with E-state index in [0.717, 1.165) is 5.56 Å². The first-order chi connectivity index (χ1) is 10.1. The van der Waals surface area contributed by atoms with Crippen molar-refractivity contribution in [3.8, 4) is 11.5 Å². The maximum atomic E-state index is 11.4. The molecule has 0 saturated carbocycles. The van der Waals surface area contributed by atoms with Crippen LogP contribution in [0.3, 0.4) is 0 Å². The summed E-state index contributed by atoms with van der Waals surface area (Å²) in [4.78, 5) is 21.7. The maximum absolute atomic E-state index is 11.4. The van der Waals surface area contributed by atoms with E-state index in [1.165, 1.54) is 0 Å². The van der Waals surface area contributed by atoms with E-state index in [0.29, 0.717) is 24.5 Å². The number of ether oxygens (including phenoxy) is 2. The highest BCUT2D eigenvalue weighted by Gasteiger charge is 2.06. The number of carboxylic acids is 1. The lowest BCUT2D eigenvalue weighted by Gasteiger charge is -2.11. The van der Waals surface area contributed by atoms with E-state index in [9.17, 15) is 9.59 Å². The van der Waals surface area contributed by atoms with Crippen molar-refractivity contribution in [1.29, 1.82) is 0 Å². The van der Waals surface area contributed by atoms with Gasteiger partial charge in [0, 0.05) is 19.2 Å². The highest BCUT2D eigenvalue weighted by atomic mass is 16.5. The number of carboxylic acid groups (broad SMARTS) is 1. The summed E-state index contributed by atoms with van der Waals surface area (Å²) in [5.41, 5.74) is 0.948. The zero-order chi connectivity index (χ0) is 15.7. The second-order valence-corrected chi connectivity index (χ2v) is 4.25. The van der Waals surface area contributed by atoms with Crippen molar-refractivity contribution in [3.05, 3.63) is 23.8 Å². The van der Waals surface area contributed by atoms with Crippen LogP contribution in [-0.2, 0) is 11.2 Å². The number of aliphatic carboxylic acids is 1. The first-order valence-electron chi connectivity index (χ1n) is 6.51. The number of carbonyl (C=O) groups excluding carboxylic acids is 1. The van der Waals surface area contributed by atoms with Gasteiger partial charge in [-0.3, -0.25) is 4.79 Å². The van der Waals surface area contributed by atoms with Gasteiger partial charge in [0.1, 0.15) is 11.5 Å².